The van der Waals surface area contributed by atoms with Gasteiger partial charge >= 0.3 is 0 Å². The van der Waals surface area contributed by atoms with Crippen molar-refractivity contribution in [3.05, 3.63) is 82.5 Å². The van der Waals surface area contributed by atoms with Gasteiger partial charge in [0.05, 0.1) is 22.5 Å². The Hall–Kier alpha value is -3.65. The van der Waals surface area contributed by atoms with E-state index in [4.69, 9.17) is 0 Å². The van der Waals surface area contributed by atoms with E-state index in [2.05, 4.69) is 10.0 Å². The van der Waals surface area contributed by atoms with E-state index >= 15 is 0 Å². The predicted molar refractivity (Wildman–Crippen MR) is 129 cm³/mol. The molecule has 164 valence electrons. The first-order valence-corrected chi connectivity index (χ1v) is 11.9. The van der Waals surface area contributed by atoms with E-state index in [9.17, 15) is 18.0 Å². The zero-order valence-corrected chi connectivity index (χ0v) is 18.6. The van der Waals surface area contributed by atoms with Crippen LogP contribution in [0.2, 0.25) is 0 Å². The maximum Gasteiger partial charge on any atom is 0.244 e. The van der Waals surface area contributed by atoms with Gasteiger partial charge in [-0.1, -0.05) is 24.3 Å². The van der Waals surface area contributed by atoms with Gasteiger partial charge in [-0.15, -0.1) is 0 Å². The number of aromatic nitrogens is 1. The Morgan fingerprint density at radius 1 is 0.938 bits per heavy atom. The van der Waals surface area contributed by atoms with Crippen LogP contribution in [0.5, 0.6) is 0 Å². The maximum atomic E-state index is 12.9. The Balaban J connectivity index is 1.65. The minimum absolute atomic E-state index is 0.0184. The fourth-order valence-corrected chi connectivity index (χ4v) is 4.40. The van der Waals surface area contributed by atoms with E-state index in [-0.39, 0.29) is 23.6 Å². The second-order valence-corrected chi connectivity index (χ2v) is 9.54. The minimum atomic E-state index is -3.38. The van der Waals surface area contributed by atoms with Gasteiger partial charge in [0.1, 0.15) is 6.54 Å². The van der Waals surface area contributed by atoms with Gasteiger partial charge in [0, 0.05) is 16.5 Å². The van der Waals surface area contributed by atoms with Crippen molar-refractivity contribution >= 4 is 49.1 Å². The zero-order chi connectivity index (χ0) is 22.9. The van der Waals surface area contributed by atoms with Crippen LogP contribution >= 0.6 is 0 Å². The molecule has 0 radical (unpaired) electrons. The first-order chi connectivity index (χ1) is 15.3. The highest BCUT2D eigenvalue weighted by molar-refractivity contribution is 7.92. The fourth-order valence-electron chi connectivity index (χ4n) is 3.69. The molecule has 1 amide bonds. The number of fused-ring (bicyclic) bond motifs is 2. The number of aryl methyl sites for hydroxylation is 1. The molecule has 0 atom stereocenters. The lowest BCUT2D eigenvalue weighted by Crippen LogP contribution is -2.21. The van der Waals surface area contributed by atoms with Crippen LogP contribution in [0.15, 0.2) is 71.5 Å². The van der Waals surface area contributed by atoms with Crippen molar-refractivity contribution < 1.29 is 13.2 Å². The predicted octanol–water partition coefficient (Wildman–Crippen LogP) is 3.86. The summed E-state index contributed by atoms with van der Waals surface area (Å²) in [5, 5.41) is 3.98. The molecule has 0 bridgehead atoms. The van der Waals surface area contributed by atoms with Crippen LogP contribution in [0, 0.1) is 6.92 Å². The lowest BCUT2D eigenvalue weighted by molar-refractivity contribution is -0.116. The third-order valence-corrected chi connectivity index (χ3v) is 6.63. The number of sulfonamides is 1. The number of nitrogens with one attached hydrogen (secondary N) is 2. The SMILES string of the molecule is CCS(=O)(=O)Nc1ccc(NC(=O)Cn2c3ccccc3c(=O)c3ccccc32)cc1C. The molecule has 0 spiro atoms. The second-order valence-electron chi connectivity index (χ2n) is 7.53. The monoisotopic (exact) mass is 449 g/mol. The largest absolute Gasteiger partial charge is 0.331 e. The van der Waals surface area contributed by atoms with Gasteiger partial charge in [-0.3, -0.25) is 14.3 Å². The lowest BCUT2D eigenvalue weighted by atomic mass is 10.1. The van der Waals surface area contributed by atoms with Crippen molar-refractivity contribution in [2.45, 2.75) is 20.4 Å². The summed E-state index contributed by atoms with van der Waals surface area (Å²) in [7, 11) is -3.38. The number of anilines is 2. The number of carbonyl (C=O) groups is 1. The molecule has 1 aromatic heterocycles. The van der Waals surface area contributed by atoms with Crippen LogP contribution in [0.4, 0.5) is 11.4 Å². The molecule has 0 saturated heterocycles. The van der Waals surface area contributed by atoms with E-state index in [1.807, 2.05) is 28.8 Å². The molecule has 7 nitrogen and oxygen atoms in total. The van der Waals surface area contributed by atoms with Gasteiger partial charge in [0.2, 0.25) is 15.9 Å². The van der Waals surface area contributed by atoms with Crippen LogP contribution in [0.25, 0.3) is 21.8 Å². The van der Waals surface area contributed by atoms with Crippen molar-refractivity contribution in [1.82, 2.24) is 4.57 Å². The van der Waals surface area contributed by atoms with Crippen LogP contribution in [0.1, 0.15) is 12.5 Å². The highest BCUT2D eigenvalue weighted by Crippen LogP contribution is 2.22. The van der Waals surface area contributed by atoms with Gasteiger partial charge in [-0.25, -0.2) is 8.42 Å². The third kappa shape index (κ3) is 4.22. The highest BCUT2D eigenvalue weighted by Gasteiger charge is 2.14. The summed E-state index contributed by atoms with van der Waals surface area (Å²) >= 11 is 0. The van der Waals surface area contributed by atoms with E-state index in [0.29, 0.717) is 38.7 Å². The Morgan fingerprint density at radius 2 is 1.53 bits per heavy atom. The summed E-state index contributed by atoms with van der Waals surface area (Å²) in [5.74, 6) is -0.281. The molecule has 0 aliphatic carbocycles. The van der Waals surface area contributed by atoms with Crippen LogP contribution in [-0.2, 0) is 21.4 Å². The summed E-state index contributed by atoms with van der Waals surface area (Å²) in [4.78, 5) is 25.7. The maximum absolute atomic E-state index is 12.9. The number of rotatable bonds is 6. The molecule has 2 N–H and O–H groups in total. The summed E-state index contributed by atoms with van der Waals surface area (Å²) < 4.78 is 28.0. The Labute approximate surface area is 185 Å². The molecule has 0 saturated carbocycles. The molecule has 0 aliphatic rings. The van der Waals surface area contributed by atoms with Crippen LogP contribution in [0.3, 0.4) is 0 Å². The molecule has 4 aromatic rings. The third-order valence-electron chi connectivity index (χ3n) is 5.34. The number of hydrogen-bond acceptors (Lipinski definition) is 4. The number of benzene rings is 3. The molecule has 32 heavy (non-hydrogen) atoms. The number of para-hydroxylation sites is 2. The van der Waals surface area contributed by atoms with Crippen molar-refractivity contribution in [1.29, 1.82) is 0 Å². The summed E-state index contributed by atoms with van der Waals surface area (Å²) in [5.41, 5.74) is 3.04. The summed E-state index contributed by atoms with van der Waals surface area (Å²) in [6, 6.07) is 19.5. The highest BCUT2D eigenvalue weighted by atomic mass is 32.2. The topological polar surface area (TPSA) is 97.3 Å². The van der Waals surface area contributed by atoms with E-state index in [1.54, 1.807) is 56.3 Å². The van der Waals surface area contributed by atoms with Crippen LogP contribution in [-0.4, -0.2) is 24.6 Å². The quantitative estimate of drug-likeness (QED) is 0.437. The molecular weight excluding hydrogens is 426 g/mol. The standard InChI is InChI=1S/C24H23N3O4S/c1-3-32(30,31)26-20-13-12-17(14-16(20)2)25-23(28)15-27-21-10-6-4-8-18(21)24(29)19-9-5-7-11-22(19)27/h4-14,26H,3,15H2,1-2H3,(H,25,28). The molecule has 0 unspecified atom stereocenters. The molecule has 0 fully saturated rings. The fraction of sp³-hybridized carbons (Fsp3) is 0.167. The molecule has 0 aliphatic heterocycles. The average Bonchev–Trinajstić information content (AvgIpc) is 2.78. The second kappa shape index (κ2) is 8.47. The van der Waals surface area contributed by atoms with Gasteiger partial charge < -0.3 is 9.88 Å². The Bertz CT molecular complexity index is 1450. The van der Waals surface area contributed by atoms with Gasteiger partial charge in [0.15, 0.2) is 5.43 Å². The van der Waals surface area contributed by atoms with Gasteiger partial charge in [0.25, 0.3) is 0 Å². The van der Waals surface area contributed by atoms with Crippen molar-refractivity contribution in [3.8, 4) is 0 Å². The summed E-state index contributed by atoms with van der Waals surface area (Å²) in [6.45, 7) is 3.35. The lowest BCUT2D eigenvalue weighted by Gasteiger charge is -2.16. The van der Waals surface area contributed by atoms with Crippen molar-refractivity contribution in [2.24, 2.45) is 0 Å². The number of amides is 1. The van der Waals surface area contributed by atoms with E-state index in [1.165, 1.54) is 0 Å². The number of pyridine rings is 1. The van der Waals surface area contributed by atoms with Gasteiger partial charge in [-0.05, 0) is 61.9 Å². The van der Waals surface area contributed by atoms with E-state index < -0.39 is 10.0 Å². The van der Waals surface area contributed by atoms with Crippen molar-refractivity contribution in [3.63, 3.8) is 0 Å². The Morgan fingerprint density at radius 3 is 2.09 bits per heavy atom. The van der Waals surface area contributed by atoms with Crippen molar-refractivity contribution in [2.75, 3.05) is 15.8 Å². The average molecular weight is 450 g/mol. The molecule has 4 rings (SSSR count). The summed E-state index contributed by atoms with van der Waals surface area (Å²) in [6.07, 6.45) is 0. The Kier molecular flexibility index (Phi) is 5.71. The van der Waals surface area contributed by atoms with E-state index in [0.717, 1.165) is 0 Å². The van der Waals surface area contributed by atoms with Crippen LogP contribution < -0.4 is 15.5 Å². The van der Waals surface area contributed by atoms with Gasteiger partial charge in [-0.2, -0.15) is 0 Å². The molecular formula is C24H23N3O4S. The molecule has 8 heteroatoms. The first kappa shape index (κ1) is 21.6. The molecule has 1 heterocycles. The molecule has 3 aromatic carbocycles. The minimum Gasteiger partial charge on any atom is -0.331 e. The number of hydrogen-bond donors (Lipinski definition) is 2. The smallest absolute Gasteiger partial charge is 0.244 e. The first-order valence-electron chi connectivity index (χ1n) is 10.2. The zero-order valence-electron chi connectivity index (χ0n) is 17.8. The number of carbonyl (C=O) groups excluding carboxylic acids is 1. The normalized spacial score (nSPS) is 11.6. The number of nitrogens with zero attached hydrogens (tertiary/aromatic N) is 1.